The molecule has 198 valence electrons. The van der Waals surface area contributed by atoms with Gasteiger partial charge in [-0.1, -0.05) is 64.9 Å². The smallest absolute Gasteiger partial charge is 0.236 e. The van der Waals surface area contributed by atoms with Crippen LogP contribution in [-0.2, 0) is 11.2 Å². The van der Waals surface area contributed by atoms with E-state index in [1.165, 1.54) is 28.7 Å². The third-order valence-electron chi connectivity index (χ3n) is 5.66. The van der Waals surface area contributed by atoms with Gasteiger partial charge in [-0.25, -0.2) is 4.98 Å². The number of ether oxygens (including phenoxy) is 1. The molecule has 0 radical (unpaired) electrons. The summed E-state index contributed by atoms with van der Waals surface area (Å²) in [6, 6.07) is 25.9. The first-order valence-electron chi connectivity index (χ1n) is 12.4. The number of thioether (sulfide) groups is 1. The molecule has 39 heavy (non-hydrogen) atoms. The van der Waals surface area contributed by atoms with E-state index in [1.54, 1.807) is 0 Å². The number of nitrogens with one attached hydrogen (secondary N) is 1. The van der Waals surface area contributed by atoms with E-state index in [2.05, 4.69) is 55.5 Å². The van der Waals surface area contributed by atoms with E-state index in [-0.39, 0.29) is 11.7 Å². The highest BCUT2D eigenvalue weighted by atomic mass is 79.9. The van der Waals surface area contributed by atoms with Crippen LogP contribution in [0, 0.1) is 0 Å². The van der Waals surface area contributed by atoms with Crippen LogP contribution in [0.4, 0.5) is 5.13 Å². The number of para-hydroxylation sites is 1. The highest BCUT2D eigenvalue weighted by Crippen LogP contribution is 2.29. The SMILES string of the molecule is CCCOc1ccc(-c2nnc(SCC(=O)Nc3ncc(Cc4ccc(Br)cc4)s3)n2-c2ccccc2)cc1. The molecule has 0 fully saturated rings. The van der Waals surface area contributed by atoms with E-state index in [1.807, 2.05) is 77.5 Å². The molecule has 0 atom stereocenters. The highest BCUT2D eigenvalue weighted by molar-refractivity contribution is 9.10. The van der Waals surface area contributed by atoms with Crippen LogP contribution in [-0.4, -0.2) is 38.0 Å². The molecule has 0 saturated carbocycles. The summed E-state index contributed by atoms with van der Waals surface area (Å²) in [5.41, 5.74) is 3.02. The fourth-order valence-corrected chi connectivity index (χ4v) is 5.70. The Morgan fingerprint density at radius 1 is 1.03 bits per heavy atom. The second kappa shape index (κ2) is 13.1. The summed E-state index contributed by atoms with van der Waals surface area (Å²) in [5, 5.41) is 13.0. The van der Waals surface area contributed by atoms with E-state index >= 15 is 0 Å². The number of hydrogen-bond acceptors (Lipinski definition) is 7. The van der Waals surface area contributed by atoms with Gasteiger partial charge in [0.15, 0.2) is 16.1 Å². The Kier molecular flexibility index (Phi) is 9.08. The summed E-state index contributed by atoms with van der Waals surface area (Å²) in [7, 11) is 0. The van der Waals surface area contributed by atoms with Crippen LogP contribution in [0.3, 0.4) is 0 Å². The fourth-order valence-electron chi connectivity index (χ4n) is 3.82. The van der Waals surface area contributed by atoms with Gasteiger partial charge in [-0.3, -0.25) is 9.36 Å². The van der Waals surface area contributed by atoms with Crippen molar-refractivity contribution in [1.82, 2.24) is 19.7 Å². The first kappa shape index (κ1) is 27.1. The van der Waals surface area contributed by atoms with E-state index in [9.17, 15) is 4.79 Å². The van der Waals surface area contributed by atoms with Gasteiger partial charge in [0.05, 0.1) is 12.4 Å². The van der Waals surface area contributed by atoms with Gasteiger partial charge in [0.25, 0.3) is 0 Å². The minimum Gasteiger partial charge on any atom is -0.494 e. The first-order valence-corrected chi connectivity index (χ1v) is 15.0. The molecule has 0 saturated heterocycles. The molecule has 3 aromatic carbocycles. The second-order valence-electron chi connectivity index (χ2n) is 8.62. The Morgan fingerprint density at radius 3 is 2.54 bits per heavy atom. The lowest BCUT2D eigenvalue weighted by Gasteiger charge is -2.11. The number of halogens is 1. The maximum absolute atomic E-state index is 12.8. The monoisotopic (exact) mass is 619 g/mol. The number of nitrogens with zero attached hydrogens (tertiary/aromatic N) is 4. The summed E-state index contributed by atoms with van der Waals surface area (Å²) in [5.74, 6) is 1.55. The predicted molar refractivity (Wildman–Crippen MR) is 161 cm³/mol. The van der Waals surface area contributed by atoms with Gasteiger partial charge in [0, 0.05) is 33.2 Å². The lowest BCUT2D eigenvalue weighted by molar-refractivity contribution is -0.113. The number of rotatable bonds is 11. The molecule has 0 aliphatic heterocycles. The summed E-state index contributed by atoms with van der Waals surface area (Å²) >= 11 is 6.28. The molecule has 2 aromatic heterocycles. The average molecular weight is 621 g/mol. The van der Waals surface area contributed by atoms with Gasteiger partial charge in [-0.15, -0.1) is 21.5 Å². The molecular weight excluding hydrogens is 594 g/mol. The molecule has 0 spiro atoms. The van der Waals surface area contributed by atoms with Crippen LogP contribution in [0.2, 0.25) is 0 Å². The van der Waals surface area contributed by atoms with E-state index in [0.29, 0.717) is 22.7 Å². The average Bonchev–Trinajstić information content (AvgIpc) is 3.59. The number of carbonyl (C=O) groups excluding carboxylic acids is 1. The minimum atomic E-state index is -0.147. The van der Waals surface area contributed by atoms with Gasteiger partial charge in [-0.05, 0) is 60.5 Å². The molecule has 10 heteroatoms. The quantitative estimate of drug-likeness (QED) is 0.157. The Bertz CT molecular complexity index is 1520. The molecule has 5 aromatic rings. The van der Waals surface area contributed by atoms with Crippen LogP contribution >= 0.6 is 39.0 Å². The number of hydrogen-bond donors (Lipinski definition) is 1. The van der Waals surface area contributed by atoms with Gasteiger partial charge >= 0.3 is 0 Å². The molecule has 0 aliphatic rings. The number of amides is 1. The topological polar surface area (TPSA) is 81.9 Å². The second-order valence-corrected chi connectivity index (χ2v) is 11.6. The molecular formula is C29H26BrN5O2S2. The summed E-state index contributed by atoms with van der Waals surface area (Å²) < 4.78 is 8.74. The number of benzene rings is 3. The van der Waals surface area contributed by atoms with Crippen molar-refractivity contribution in [3.05, 3.63) is 100.0 Å². The van der Waals surface area contributed by atoms with E-state index in [0.717, 1.165) is 39.2 Å². The van der Waals surface area contributed by atoms with Crippen molar-refractivity contribution in [3.8, 4) is 22.8 Å². The Hall–Kier alpha value is -3.47. The normalized spacial score (nSPS) is 10.9. The third kappa shape index (κ3) is 7.14. The zero-order chi connectivity index (χ0) is 27.0. The molecule has 1 amide bonds. The number of carbonyl (C=O) groups is 1. The third-order valence-corrected chi connectivity index (χ3v) is 8.03. The van der Waals surface area contributed by atoms with Crippen molar-refractivity contribution in [1.29, 1.82) is 0 Å². The zero-order valence-electron chi connectivity index (χ0n) is 21.2. The van der Waals surface area contributed by atoms with Crippen molar-refractivity contribution in [2.75, 3.05) is 17.7 Å². The van der Waals surface area contributed by atoms with Crippen molar-refractivity contribution in [2.24, 2.45) is 0 Å². The van der Waals surface area contributed by atoms with Crippen LogP contribution in [0.25, 0.3) is 17.1 Å². The summed E-state index contributed by atoms with van der Waals surface area (Å²) in [6.45, 7) is 2.76. The maximum Gasteiger partial charge on any atom is 0.236 e. The molecule has 0 unspecified atom stereocenters. The molecule has 5 rings (SSSR count). The Labute approximate surface area is 243 Å². The predicted octanol–water partition coefficient (Wildman–Crippen LogP) is 7.26. The lowest BCUT2D eigenvalue weighted by Crippen LogP contribution is -2.14. The molecule has 0 bridgehead atoms. The lowest BCUT2D eigenvalue weighted by atomic mass is 10.1. The molecule has 7 nitrogen and oxygen atoms in total. The number of aromatic nitrogens is 4. The van der Waals surface area contributed by atoms with E-state index < -0.39 is 0 Å². The van der Waals surface area contributed by atoms with Gasteiger partial charge in [-0.2, -0.15) is 0 Å². The van der Waals surface area contributed by atoms with Gasteiger partial charge < -0.3 is 10.1 Å². The summed E-state index contributed by atoms with van der Waals surface area (Å²) in [4.78, 5) is 18.3. The van der Waals surface area contributed by atoms with Crippen molar-refractivity contribution >= 4 is 50.1 Å². The van der Waals surface area contributed by atoms with Crippen molar-refractivity contribution in [3.63, 3.8) is 0 Å². The van der Waals surface area contributed by atoms with Gasteiger partial charge in [0.2, 0.25) is 5.91 Å². The fraction of sp³-hybridized carbons (Fsp3) is 0.172. The molecule has 1 N–H and O–H groups in total. The first-order chi connectivity index (χ1) is 19.1. The maximum atomic E-state index is 12.8. The van der Waals surface area contributed by atoms with Crippen LogP contribution in [0.5, 0.6) is 5.75 Å². The number of thiazole rings is 1. The number of anilines is 1. The standard InChI is InChI=1S/C29H26BrN5O2S2/c1-2-16-37-24-14-10-21(11-15-24)27-33-34-29(35(27)23-6-4-3-5-7-23)38-19-26(36)32-28-31-18-25(39-28)17-20-8-12-22(30)13-9-20/h3-15,18H,2,16-17,19H2,1H3,(H,31,32,36). The Morgan fingerprint density at radius 2 is 1.79 bits per heavy atom. The largest absolute Gasteiger partial charge is 0.494 e. The van der Waals surface area contributed by atoms with Gasteiger partial charge in [0.1, 0.15) is 5.75 Å². The highest BCUT2D eigenvalue weighted by Gasteiger charge is 2.18. The molecule has 0 aliphatic carbocycles. The van der Waals surface area contributed by atoms with Crippen LogP contribution in [0.15, 0.2) is 94.7 Å². The minimum absolute atomic E-state index is 0.147. The zero-order valence-corrected chi connectivity index (χ0v) is 24.4. The van der Waals surface area contributed by atoms with Crippen LogP contribution < -0.4 is 10.1 Å². The van der Waals surface area contributed by atoms with E-state index in [4.69, 9.17) is 4.74 Å². The molecule has 2 heterocycles. The summed E-state index contributed by atoms with van der Waals surface area (Å²) in [6.07, 6.45) is 3.53. The Balaban J connectivity index is 1.27. The van der Waals surface area contributed by atoms with Crippen LogP contribution in [0.1, 0.15) is 23.8 Å². The van der Waals surface area contributed by atoms with Crippen molar-refractivity contribution < 1.29 is 9.53 Å². The van der Waals surface area contributed by atoms with Crippen molar-refractivity contribution in [2.45, 2.75) is 24.9 Å².